The zero-order valence-electron chi connectivity index (χ0n) is 17.3. The first-order valence-corrected chi connectivity index (χ1v) is 9.82. The van der Waals surface area contributed by atoms with Crippen molar-refractivity contribution in [3.05, 3.63) is 52.3 Å². The van der Waals surface area contributed by atoms with Crippen LogP contribution in [0.15, 0.2) is 41.4 Å². The van der Waals surface area contributed by atoms with E-state index in [1.54, 1.807) is 41.0 Å². The number of rotatable bonds is 6. The molecule has 162 valence electrons. The molecule has 2 aromatic carbocycles. The Labute approximate surface area is 181 Å². The molecule has 31 heavy (non-hydrogen) atoms. The number of esters is 2. The monoisotopic (exact) mass is 444 g/mol. The second kappa shape index (κ2) is 9.43. The van der Waals surface area contributed by atoms with Crippen molar-refractivity contribution in [1.82, 2.24) is 4.57 Å². The smallest absolute Gasteiger partial charge is 0.337 e. The fourth-order valence-electron chi connectivity index (χ4n) is 2.83. The van der Waals surface area contributed by atoms with Crippen molar-refractivity contribution < 1.29 is 33.3 Å². The Kier molecular flexibility index (Phi) is 6.71. The second-order valence-corrected chi connectivity index (χ2v) is 7.25. The molecule has 0 aliphatic rings. The lowest BCUT2D eigenvalue weighted by molar-refractivity contribution is -0.141. The van der Waals surface area contributed by atoms with Gasteiger partial charge in [-0.1, -0.05) is 11.3 Å². The van der Waals surface area contributed by atoms with Gasteiger partial charge in [-0.3, -0.25) is 9.59 Å². The van der Waals surface area contributed by atoms with Crippen molar-refractivity contribution in [1.29, 1.82) is 0 Å². The molecular weight excluding hydrogens is 424 g/mol. The topological polar surface area (TPSA) is 105 Å². The average molecular weight is 444 g/mol. The molecule has 0 saturated heterocycles. The molecule has 0 radical (unpaired) electrons. The Morgan fingerprint density at radius 3 is 2.16 bits per heavy atom. The predicted octanol–water partition coefficient (Wildman–Crippen LogP) is 2.42. The number of methoxy groups -OCH3 is 4. The van der Waals surface area contributed by atoms with E-state index in [0.29, 0.717) is 27.3 Å². The highest BCUT2D eigenvalue weighted by Crippen LogP contribution is 2.24. The van der Waals surface area contributed by atoms with Crippen LogP contribution < -0.4 is 14.3 Å². The zero-order valence-corrected chi connectivity index (χ0v) is 18.1. The van der Waals surface area contributed by atoms with E-state index in [0.717, 1.165) is 11.3 Å². The first kappa shape index (κ1) is 22.0. The van der Waals surface area contributed by atoms with E-state index in [1.807, 2.05) is 0 Å². The number of carbonyl (C=O) groups excluding carboxylic acids is 3. The van der Waals surface area contributed by atoms with Gasteiger partial charge in [0.05, 0.1) is 44.2 Å². The molecule has 3 rings (SSSR count). The lowest BCUT2D eigenvalue weighted by atomic mass is 10.2. The summed E-state index contributed by atoms with van der Waals surface area (Å²) in [7, 11) is 5.53. The molecule has 0 aliphatic carbocycles. The van der Waals surface area contributed by atoms with Crippen molar-refractivity contribution in [2.45, 2.75) is 6.54 Å². The maximum atomic E-state index is 12.9. The molecule has 10 heteroatoms. The summed E-state index contributed by atoms with van der Waals surface area (Å²) in [6.07, 6.45) is 0. The van der Waals surface area contributed by atoms with Crippen LogP contribution in [0.25, 0.3) is 10.2 Å². The van der Waals surface area contributed by atoms with E-state index in [1.165, 1.54) is 28.4 Å². The summed E-state index contributed by atoms with van der Waals surface area (Å²) < 4.78 is 22.1. The normalized spacial score (nSPS) is 11.3. The quantitative estimate of drug-likeness (QED) is 0.538. The Morgan fingerprint density at radius 1 is 0.903 bits per heavy atom. The number of carbonyl (C=O) groups is 3. The summed E-state index contributed by atoms with van der Waals surface area (Å²) in [5.74, 6) is -0.657. The zero-order chi connectivity index (χ0) is 22.5. The highest BCUT2D eigenvalue weighted by Gasteiger charge is 2.16. The summed E-state index contributed by atoms with van der Waals surface area (Å²) >= 11 is 1.16. The number of nitrogens with zero attached hydrogens (tertiary/aromatic N) is 2. The highest BCUT2D eigenvalue weighted by molar-refractivity contribution is 7.16. The van der Waals surface area contributed by atoms with E-state index >= 15 is 0 Å². The van der Waals surface area contributed by atoms with Crippen LogP contribution in [0.5, 0.6) is 11.5 Å². The molecule has 0 fully saturated rings. The largest absolute Gasteiger partial charge is 0.497 e. The number of hydrogen-bond acceptors (Lipinski definition) is 8. The third-order valence-electron chi connectivity index (χ3n) is 4.41. The lowest BCUT2D eigenvalue weighted by Gasteiger charge is -2.06. The van der Waals surface area contributed by atoms with Crippen molar-refractivity contribution in [3.63, 3.8) is 0 Å². The van der Waals surface area contributed by atoms with Gasteiger partial charge in [-0.15, -0.1) is 0 Å². The molecule has 0 spiro atoms. The minimum Gasteiger partial charge on any atom is -0.497 e. The Balaban J connectivity index is 2.15. The second-order valence-electron chi connectivity index (χ2n) is 6.24. The minimum atomic E-state index is -0.546. The van der Waals surface area contributed by atoms with E-state index in [9.17, 15) is 14.4 Å². The van der Waals surface area contributed by atoms with Crippen molar-refractivity contribution in [3.8, 4) is 11.5 Å². The summed E-state index contributed by atoms with van der Waals surface area (Å²) in [6.45, 7) is -0.151. The number of ether oxygens (including phenoxy) is 4. The fourth-order valence-corrected chi connectivity index (χ4v) is 3.90. The van der Waals surface area contributed by atoms with Crippen LogP contribution >= 0.6 is 11.3 Å². The number of hydrogen-bond donors (Lipinski definition) is 0. The number of benzene rings is 2. The van der Waals surface area contributed by atoms with Gasteiger partial charge < -0.3 is 23.5 Å². The molecule has 1 heterocycles. The molecule has 1 aromatic heterocycles. The maximum Gasteiger partial charge on any atom is 0.337 e. The van der Waals surface area contributed by atoms with E-state index in [2.05, 4.69) is 4.99 Å². The summed E-state index contributed by atoms with van der Waals surface area (Å²) in [5, 5.41) is 0. The van der Waals surface area contributed by atoms with Crippen LogP contribution in [0, 0.1) is 0 Å². The van der Waals surface area contributed by atoms with Gasteiger partial charge in [0.15, 0.2) is 4.80 Å². The van der Waals surface area contributed by atoms with Gasteiger partial charge in [-0.2, -0.15) is 4.99 Å². The Morgan fingerprint density at radius 2 is 1.58 bits per heavy atom. The average Bonchev–Trinajstić information content (AvgIpc) is 3.13. The van der Waals surface area contributed by atoms with Crippen molar-refractivity contribution >= 4 is 39.4 Å². The third-order valence-corrected chi connectivity index (χ3v) is 5.46. The van der Waals surface area contributed by atoms with Crippen molar-refractivity contribution in [2.24, 2.45) is 4.99 Å². The van der Waals surface area contributed by atoms with E-state index in [-0.39, 0.29) is 16.9 Å². The number of amides is 1. The van der Waals surface area contributed by atoms with Crippen LogP contribution in [0.3, 0.4) is 0 Å². The SMILES string of the molecule is COC(=O)Cn1c(=NC(=O)c2cc(OC)cc(OC)c2)sc2cc(C(=O)OC)ccc21. The number of thiazole rings is 1. The van der Waals surface area contributed by atoms with Crippen LogP contribution in [0.1, 0.15) is 20.7 Å². The Hall–Kier alpha value is -3.66. The highest BCUT2D eigenvalue weighted by atomic mass is 32.1. The minimum absolute atomic E-state index is 0.151. The number of fused-ring (bicyclic) bond motifs is 1. The summed E-state index contributed by atoms with van der Waals surface area (Å²) in [6, 6.07) is 9.59. The summed E-state index contributed by atoms with van der Waals surface area (Å²) in [5.41, 5.74) is 1.23. The first-order chi connectivity index (χ1) is 14.9. The molecule has 0 unspecified atom stereocenters. The predicted molar refractivity (Wildman–Crippen MR) is 113 cm³/mol. The van der Waals surface area contributed by atoms with Crippen LogP contribution in [-0.2, 0) is 20.8 Å². The van der Waals surface area contributed by atoms with Crippen LogP contribution in [0.4, 0.5) is 0 Å². The summed E-state index contributed by atoms with van der Waals surface area (Å²) in [4.78, 5) is 41.2. The molecule has 0 atom stereocenters. The third kappa shape index (κ3) is 4.75. The van der Waals surface area contributed by atoms with Crippen LogP contribution in [-0.4, -0.2) is 50.9 Å². The molecule has 0 N–H and O–H groups in total. The van der Waals surface area contributed by atoms with Gasteiger partial charge in [0, 0.05) is 11.6 Å². The van der Waals surface area contributed by atoms with Gasteiger partial charge in [0.25, 0.3) is 5.91 Å². The van der Waals surface area contributed by atoms with E-state index in [4.69, 9.17) is 18.9 Å². The van der Waals surface area contributed by atoms with Crippen molar-refractivity contribution in [2.75, 3.05) is 28.4 Å². The van der Waals surface area contributed by atoms with Crippen LogP contribution in [0.2, 0.25) is 0 Å². The molecule has 0 bridgehead atoms. The number of aromatic nitrogens is 1. The van der Waals surface area contributed by atoms with Gasteiger partial charge in [0.1, 0.15) is 18.0 Å². The first-order valence-electron chi connectivity index (χ1n) is 9.00. The van der Waals surface area contributed by atoms with E-state index < -0.39 is 17.8 Å². The van der Waals surface area contributed by atoms with Gasteiger partial charge >= 0.3 is 11.9 Å². The molecule has 0 saturated carbocycles. The maximum absolute atomic E-state index is 12.9. The van der Waals surface area contributed by atoms with Gasteiger partial charge in [0.2, 0.25) is 0 Å². The molecular formula is C21H20N2O7S. The Bertz CT molecular complexity index is 1200. The molecule has 9 nitrogen and oxygen atoms in total. The van der Waals surface area contributed by atoms with Gasteiger partial charge in [-0.25, -0.2) is 4.79 Å². The molecule has 1 amide bonds. The molecule has 0 aliphatic heterocycles. The molecule has 3 aromatic rings. The fraction of sp³-hybridized carbons (Fsp3) is 0.238. The lowest BCUT2D eigenvalue weighted by Crippen LogP contribution is -2.22. The standard InChI is InChI=1S/C21H20N2O7S/c1-27-14-7-13(8-15(10-14)28-2)19(25)22-21-23(11-18(24)29-3)16-6-5-12(20(26)30-4)9-17(16)31-21/h5-10H,11H2,1-4H3. The van der Waals surface area contributed by atoms with Gasteiger partial charge in [-0.05, 0) is 30.3 Å².